The average Bonchev–Trinajstić information content (AvgIpc) is 2.98. The molecule has 3 rings (SSSR count). The summed E-state index contributed by atoms with van der Waals surface area (Å²) in [5, 5.41) is 10.9. The molecular formula is C13H9BrN2O3S. The van der Waals surface area contributed by atoms with Crippen molar-refractivity contribution in [2.45, 2.75) is 0 Å². The molecule has 0 unspecified atom stereocenters. The number of hydrogen-bond donors (Lipinski definition) is 1. The number of methoxy groups -OCH3 is 1. The lowest BCUT2D eigenvalue weighted by atomic mass is 10.1. The van der Waals surface area contributed by atoms with Crippen molar-refractivity contribution in [2.75, 3.05) is 7.11 Å². The maximum Gasteiger partial charge on any atom is 0.356 e. The molecule has 2 aromatic heterocycles. The number of rotatable bonds is 3. The predicted molar refractivity (Wildman–Crippen MR) is 79.7 cm³/mol. The summed E-state index contributed by atoms with van der Waals surface area (Å²) >= 11 is 4.82. The molecule has 0 saturated heterocycles. The summed E-state index contributed by atoms with van der Waals surface area (Å²) in [7, 11) is 1.60. The Morgan fingerprint density at radius 2 is 2.30 bits per heavy atom. The van der Waals surface area contributed by atoms with E-state index in [1.54, 1.807) is 11.5 Å². The van der Waals surface area contributed by atoms with Crippen LogP contribution in [-0.4, -0.2) is 27.6 Å². The summed E-state index contributed by atoms with van der Waals surface area (Å²) < 4.78 is 8.05. The lowest BCUT2D eigenvalue weighted by Gasteiger charge is -2.08. The third-order valence-corrected chi connectivity index (χ3v) is 4.20. The fourth-order valence-electron chi connectivity index (χ4n) is 1.96. The number of fused-ring (bicyclic) bond motifs is 1. The van der Waals surface area contributed by atoms with Crippen LogP contribution in [0.5, 0.6) is 5.75 Å². The lowest BCUT2D eigenvalue weighted by molar-refractivity contribution is 0.0691. The van der Waals surface area contributed by atoms with Crippen molar-refractivity contribution in [1.29, 1.82) is 0 Å². The smallest absolute Gasteiger partial charge is 0.356 e. The van der Waals surface area contributed by atoms with Gasteiger partial charge in [-0.15, -0.1) is 11.3 Å². The Morgan fingerprint density at radius 1 is 1.50 bits per heavy atom. The Balaban J connectivity index is 2.24. The van der Waals surface area contributed by atoms with E-state index in [2.05, 4.69) is 20.9 Å². The van der Waals surface area contributed by atoms with Crippen molar-refractivity contribution < 1.29 is 14.6 Å². The molecule has 0 aliphatic heterocycles. The molecule has 0 fully saturated rings. The molecule has 0 saturated carbocycles. The summed E-state index contributed by atoms with van der Waals surface area (Å²) in [5.41, 5.74) is 1.76. The monoisotopic (exact) mass is 352 g/mol. The SMILES string of the molecule is COc1ccc(Br)cc1-c1csc2nc(C(=O)O)cn12. The van der Waals surface area contributed by atoms with Crippen LogP contribution in [0.3, 0.4) is 0 Å². The minimum atomic E-state index is -1.03. The number of halogens is 1. The first-order valence-electron chi connectivity index (χ1n) is 5.64. The molecule has 3 aromatic rings. The van der Waals surface area contributed by atoms with E-state index >= 15 is 0 Å². The van der Waals surface area contributed by atoms with E-state index in [9.17, 15) is 4.79 Å². The van der Waals surface area contributed by atoms with Gasteiger partial charge in [0, 0.05) is 21.6 Å². The second kappa shape index (κ2) is 4.92. The number of imidazole rings is 1. The van der Waals surface area contributed by atoms with Crippen LogP contribution in [0.4, 0.5) is 0 Å². The molecule has 0 radical (unpaired) electrons. The van der Waals surface area contributed by atoms with Gasteiger partial charge in [-0.2, -0.15) is 0 Å². The largest absolute Gasteiger partial charge is 0.496 e. The van der Waals surface area contributed by atoms with Gasteiger partial charge in [0.25, 0.3) is 0 Å². The minimum absolute atomic E-state index is 0.0343. The van der Waals surface area contributed by atoms with E-state index in [4.69, 9.17) is 9.84 Å². The maximum atomic E-state index is 11.0. The topological polar surface area (TPSA) is 63.8 Å². The number of carbonyl (C=O) groups is 1. The molecule has 0 atom stereocenters. The van der Waals surface area contributed by atoms with Gasteiger partial charge < -0.3 is 9.84 Å². The molecule has 0 aliphatic rings. The second-order valence-electron chi connectivity index (χ2n) is 4.05. The van der Waals surface area contributed by atoms with E-state index in [-0.39, 0.29) is 5.69 Å². The summed E-state index contributed by atoms with van der Waals surface area (Å²) in [6.45, 7) is 0. The van der Waals surface area contributed by atoms with Crippen molar-refractivity contribution in [3.8, 4) is 17.0 Å². The van der Waals surface area contributed by atoms with Crippen LogP contribution in [0.15, 0.2) is 34.2 Å². The molecule has 0 bridgehead atoms. The van der Waals surface area contributed by atoms with E-state index in [0.29, 0.717) is 4.96 Å². The first-order chi connectivity index (χ1) is 9.60. The first-order valence-corrected chi connectivity index (χ1v) is 7.31. The summed E-state index contributed by atoms with van der Waals surface area (Å²) in [6, 6.07) is 5.68. The summed E-state index contributed by atoms with van der Waals surface area (Å²) in [5.74, 6) is -0.313. The highest BCUT2D eigenvalue weighted by atomic mass is 79.9. The average molecular weight is 353 g/mol. The molecule has 1 aromatic carbocycles. The quantitative estimate of drug-likeness (QED) is 0.782. The highest BCUT2D eigenvalue weighted by Gasteiger charge is 2.16. The van der Waals surface area contributed by atoms with Crippen LogP contribution in [0.1, 0.15) is 10.5 Å². The van der Waals surface area contributed by atoms with Crippen molar-refractivity contribution in [3.63, 3.8) is 0 Å². The zero-order valence-corrected chi connectivity index (χ0v) is 12.7. The standard InChI is InChI=1S/C13H9BrN2O3S/c1-19-11-3-2-7(14)4-8(11)10-6-20-13-15-9(12(17)18)5-16(10)13/h2-6H,1H3,(H,17,18). The van der Waals surface area contributed by atoms with Gasteiger partial charge in [0.2, 0.25) is 0 Å². The van der Waals surface area contributed by atoms with Crippen LogP contribution >= 0.6 is 27.3 Å². The maximum absolute atomic E-state index is 11.0. The number of ether oxygens (including phenoxy) is 1. The minimum Gasteiger partial charge on any atom is -0.496 e. The van der Waals surface area contributed by atoms with Crippen molar-refractivity contribution in [2.24, 2.45) is 0 Å². The van der Waals surface area contributed by atoms with Crippen LogP contribution in [0.2, 0.25) is 0 Å². The highest BCUT2D eigenvalue weighted by molar-refractivity contribution is 9.10. The zero-order valence-electron chi connectivity index (χ0n) is 10.3. The summed E-state index contributed by atoms with van der Waals surface area (Å²) in [6.07, 6.45) is 1.52. The molecule has 0 amide bonds. The molecule has 20 heavy (non-hydrogen) atoms. The van der Waals surface area contributed by atoms with Crippen LogP contribution < -0.4 is 4.74 Å². The number of aromatic carboxylic acids is 1. The molecular weight excluding hydrogens is 344 g/mol. The van der Waals surface area contributed by atoms with Crippen molar-refractivity contribution >= 4 is 38.2 Å². The summed E-state index contributed by atoms with van der Waals surface area (Å²) in [4.78, 5) is 15.7. The van der Waals surface area contributed by atoms with Gasteiger partial charge in [-0.05, 0) is 18.2 Å². The number of carboxylic acid groups (broad SMARTS) is 1. The Morgan fingerprint density at radius 3 is 3.00 bits per heavy atom. The van der Waals surface area contributed by atoms with Gasteiger partial charge >= 0.3 is 5.97 Å². The van der Waals surface area contributed by atoms with E-state index in [1.165, 1.54) is 17.5 Å². The zero-order chi connectivity index (χ0) is 14.3. The molecule has 5 nitrogen and oxygen atoms in total. The van der Waals surface area contributed by atoms with Crippen molar-refractivity contribution in [3.05, 3.63) is 39.9 Å². The lowest BCUT2D eigenvalue weighted by Crippen LogP contribution is -1.95. The molecule has 1 N–H and O–H groups in total. The Bertz CT molecular complexity index is 809. The normalized spacial score (nSPS) is 10.9. The van der Waals surface area contributed by atoms with Crippen LogP contribution in [-0.2, 0) is 0 Å². The number of carboxylic acids is 1. The number of hydrogen-bond acceptors (Lipinski definition) is 4. The van der Waals surface area contributed by atoms with Gasteiger partial charge in [-0.1, -0.05) is 15.9 Å². The fourth-order valence-corrected chi connectivity index (χ4v) is 3.20. The third kappa shape index (κ3) is 2.08. The number of thiazole rings is 1. The van der Waals surface area contributed by atoms with Crippen molar-refractivity contribution in [1.82, 2.24) is 9.38 Å². The first kappa shape index (κ1) is 13.1. The number of nitrogens with zero attached hydrogens (tertiary/aromatic N) is 2. The Labute approximate surface area is 126 Å². The Kier molecular flexibility index (Phi) is 3.23. The van der Waals surface area contributed by atoms with E-state index < -0.39 is 5.97 Å². The molecule has 7 heteroatoms. The van der Waals surface area contributed by atoms with Gasteiger partial charge in [0.05, 0.1) is 12.8 Å². The number of benzene rings is 1. The molecule has 0 spiro atoms. The number of aromatic nitrogens is 2. The third-order valence-electron chi connectivity index (χ3n) is 2.87. The van der Waals surface area contributed by atoms with Gasteiger partial charge in [0.15, 0.2) is 10.7 Å². The van der Waals surface area contributed by atoms with E-state index in [1.807, 2.05) is 23.6 Å². The molecule has 2 heterocycles. The second-order valence-corrected chi connectivity index (χ2v) is 5.80. The predicted octanol–water partition coefficient (Wildman–Crippen LogP) is 3.53. The van der Waals surface area contributed by atoms with Crippen LogP contribution in [0.25, 0.3) is 16.2 Å². The van der Waals surface area contributed by atoms with Gasteiger partial charge in [-0.25, -0.2) is 9.78 Å². The van der Waals surface area contributed by atoms with E-state index in [0.717, 1.165) is 21.5 Å². The molecule has 0 aliphatic carbocycles. The Hall–Kier alpha value is -1.86. The van der Waals surface area contributed by atoms with Gasteiger partial charge in [-0.3, -0.25) is 4.40 Å². The molecule has 102 valence electrons. The van der Waals surface area contributed by atoms with Crippen LogP contribution in [0, 0.1) is 0 Å². The van der Waals surface area contributed by atoms with Gasteiger partial charge in [0.1, 0.15) is 5.75 Å². The highest BCUT2D eigenvalue weighted by Crippen LogP contribution is 2.35. The fraction of sp³-hybridized carbons (Fsp3) is 0.0769.